The fourth-order valence-electron chi connectivity index (χ4n) is 3.77. The van der Waals surface area contributed by atoms with Gasteiger partial charge in [-0.2, -0.15) is 0 Å². The molecule has 0 spiro atoms. The molecule has 2 aromatic carbocycles. The molecule has 33 heavy (non-hydrogen) atoms. The van der Waals surface area contributed by atoms with E-state index in [4.69, 9.17) is 11.6 Å². The van der Waals surface area contributed by atoms with Crippen molar-refractivity contribution in [2.24, 2.45) is 0 Å². The van der Waals surface area contributed by atoms with Gasteiger partial charge in [0.15, 0.2) is 5.82 Å². The van der Waals surface area contributed by atoms with Gasteiger partial charge in [0.25, 0.3) is 5.91 Å². The number of hydrogen-bond donors (Lipinski definition) is 1. The van der Waals surface area contributed by atoms with Crippen LogP contribution in [-0.2, 0) is 0 Å². The third-order valence-corrected chi connectivity index (χ3v) is 5.47. The normalized spacial score (nSPS) is 13.8. The van der Waals surface area contributed by atoms with E-state index >= 15 is 4.39 Å². The number of aromatic nitrogens is 1. The highest BCUT2D eigenvalue weighted by Crippen LogP contribution is 2.41. The van der Waals surface area contributed by atoms with Gasteiger partial charge in [-0.3, -0.25) is 14.5 Å². The molecule has 0 atom stereocenters. The zero-order valence-corrected chi connectivity index (χ0v) is 18.0. The number of alkyl halides is 3. The molecule has 6 nitrogen and oxygen atoms in total. The molecule has 0 unspecified atom stereocenters. The van der Waals surface area contributed by atoms with Crippen molar-refractivity contribution in [3.05, 3.63) is 80.5 Å². The monoisotopic (exact) mass is 481 g/mol. The van der Waals surface area contributed by atoms with Crippen LogP contribution < -0.4 is 20.1 Å². The van der Waals surface area contributed by atoms with Gasteiger partial charge in [-0.1, -0.05) is 11.6 Å². The number of pyridine rings is 1. The number of fused-ring (bicyclic) bond motifs is 1. The summed E-state index contributed by atoms with van der Waals surface area (Å²) in [5.41, 5.74) is 1.07. The molecule has 1 aliphatic rings. The summed E-state index contributed by atoms with van der Waals surface area (Å²) in [7, 11) is 0. The second-order valence-electron chi connectivity index (χ2n) is 7.39. The molecule has 1 amide bonds. The fraction of sp³-hybridized carbons (Fsp3) is 0.182. The van der Waals surface area contributed by atoms with Crippen molar-refractivity contribution in [3.63, 3.8) is 0 Å². The zero-order chi connectivity index (χ0) is 24.1. The molecule has 0 fully saturated rings. The number of nitrogens with one attached hydrogen (secondary N) is 1. The second-order valence-corrected chi connectivity index (χ2v) is 7.79. The maximum Gasteiger partial charge on any atom is 0.573 e. The Morgan fingerprint density at radius 1 is 0.970 bits per heavy atom. The van der Waals surface area contributed by atoms with Gasteiger partial charge in [0, 0.05) is 17.4 Å². The summed E-state index contributed by atoms with van der Waals surface area (Å²) in [6.45, 7) is 3.06. The summed E-state index contributed by atoms with van der Waals surface area (Å²) >= 11 is 5.93. The van der Waals surface area contributed by atoms with Gasteiger partial charge in [0.05, 0.1) is 16.4 Å². The Bertz CT molecular complexity index is 1320. The number of aromatic amines is 1. The molecule has 1 aromatic heterocycles. The quantitative estimate of drug-likeness (QED) is 0.506. The van der Waals surface area contributed by atoms with E-state index in [1.165, 1.54) is 41.3 Å². The highest BCUT2D eigenvalue weighted by molar-refractivity contribution is 6.31. The predicted molar refractivity (Wildman–Crippen MR) is 115 cm³/mol. The second kappa shape index (κ2) is 8.11. The number of benzene rings is 2. The summed E-state index contributed by atoms with van der Waals surface area (Å²) in [6.07, 6.45) is -4.85. The first kappa shape index (κ1) is 22.7. The molecule has 0 saturated heterocycles. The number of anilines is 3. The number of carbonyl (C=O) groups is 1. The van der Waals surface area contributed by atoms with Gasteiger partial charge in [-0.05, 0) is 55.8 Å². The van der Waals surface area contributed by atoms with E-state index in [1.807, 2.05) is 0 Å². The predicted octanol–water partition coefficient (Wildman–Crippen LogP) is 5.44. The lowest BCUT2D eigenvalue weighted by Crippen LogP contribution is -2.46. The minimum Gasteiger partial charge on any atom is -0.406 e. The molecular formula is C22H16ClF4N3O3. The van der Waals surface area contributed by atoms with Crippen LogP contribution in [0.5, 0.6) is 5.75 Å². The highest BCUT2D eigenvalue weighted by atomic mass is 35.5. The first-order valence-electron chi connectivity index (χ1n) is 9.60. The minimum atomic E-state index is -4.85. The molecule has 0 bridgehead atoms. The number of ether oxygens (including phenoxy) is 1. The van der Waals surface area contributed by atoms with Crippen molar-refractivity contribution in [2.45, 2.75) is 20.2 Å². The first-order valence-corrected chi connectivity index (χ1v) is 9.98. The molecule has 11 heteroatoms. The number of hydrogen-bond acceptors (Lipinski definition) is 4. The Morgan fingerprint density at radius 2 is 1.64 bits per heavy atom. The summed E-state index contributed by atoms with van der Waals surface area (Å²) in [6, 6.07) is 9.15. The number of nitrogens with zero attached hydrogens (tertiary/aromatic N) is 2. The number of rotatable bonds is 3. The van der Waals surface area contributed by atoms with Crippen molar-refractivity contribution >= 4 is 34.6 Å². The van der Waals surface area contributed by atoms with Crippen molar-refractivity contribution in [3.8, 4) is 5.75 Å². The summed E-state index contributed by atoms with van der Waals surface area (Å²) in [5, 5.41) is -0.257. The topological polar surface area (TPSA) is 65.6 Å². The minimum absolute atomic E-state index is 0.0971. The van der Waals surface area contributed by atoms with E-state index in [2.05, 4.69) is 9.72 Å². The molecule has 1 N–H and O–H groups in total. The molecular weight excluding hydrogens is 466 g/mol. The van der Waals surface area contributed by atoms with E-state index in [-0.39, 0.29) is 28.5 Å². The van der Waals surface area contributed by atoms with Gasteiger partial charge < -0.3 is 14.6 Å². The van der Waals surface area contributed by atoms with Crippen LogP contribution in [0.25, 0.3) is 0 Å². The number of amides is 1. The Kier molecular flexibility index (Phi) is 5.57. The van der Waals surface area contributed by atoms with Crippen LogP contribution in [0.2, 0.25) is 5.02 Å². The first-order chi connectivity index (χ1) is 15.5. The Balaban J connectivity index is 1.86. The molecule has 4 rings (SSSR count). The number of aryl methyl sites for hydroxylation is 2. The lowest BCUT2D eigenvalue weighted by Gasteiger charge is -2.39. The van der Waals surface area contributed by atoms with Crippen LogP contribution in [0.4, 0.5) is 34.6 Å². The maximum atomic E-state index is 15.0. The van der Waals surface area contributed by atoms with Crippen molar-refractivity contribution in [1.29, 1.82) is 0 Å². The molecule has 172 valence electrons. The standard InChI is InChI=1S/C22H16ClF4N3O3/c1-11-9-13(33-22(25,26)27)3-5-15(11)29-10-30(16-7-8-18(31)28-12(16)2)21(32)19-17(29)6-4-14(23)20(19)24/h3-9H,10H2,1-2H3,(H,28,31). The van der Waals surface area contributed by atoms with E-state index in [9.17, 15) is 22.8 Å². The molecule has 3 aromatic rings. The summed E-state index contributed by atoms with van der Waals surface area (Å²) in [4.78, 5) is 30.3. The third kappa shape index (κ3) is 4.25. The summed E-state index contributed by atoms with van der Waals surface area (Å²) < 4.78 is 56.8. The van der Waals surface area contributed by atoms with Crippen LogP contribution in [-0.4, -0.2) is 23.9 Å². The lowest BCUT2D eigenvalue weighted by molar-refractivity contribution is -0.274. The van der Waals surface area contributed by atoms with E-state index in [0.29, 0.717) is 22.6 Å². The highest BCUT2D eigenvalue weighted by Gasteiger charge is 2.36. The van der Waals surface area contributed by atoms with Gasteiger partial charge in [-0.15, -0.1) is 13.2 Å². The molecule has 0 aliphatic carbocycles. The average molecular weight is 482 g/mol. The number of halogens is 5. The Labute approximate surface area is 190 Å². The number of H-pyrrole nitrogens is 1. The van der Waals surface area contributed by atoms with Crippen LogP contribution in [0.1, 0.15) is 21.6 Å². The zero-order valence-electron chi connectivity index (χ0n) is 17.3. The Morgan fingerprint density at radius 3 is 2.27 bits per heavy atom. The fourth-order valence-corrected chi connectivity index (χ4v) is 3.93. The average Bonchev–Trinajstić information content (AvgIpc) is 2.71. The van der Waals surface area contributed by atoms with Crippen molar-refractivity contribution in [1.82, 2.24) is 4.98 Å². The molecule has 2 heterocycles. The van der Waals surface area contributed by atoms with Crippen LogP contribution in [0, 0.1) is 19.7 Å². The van der Waals surface area contributed by atoms with Gasteiger partial charge in [0.1, 0.15) is 18.0 Å². The number of carbonyl (C=O) groups excluding carboxylic acids is 1. The largest absolute Gasteiger partial charge is 0.573 e. The van der Waals surface area contributed by atoms with E-state index in [1.54, 1.807) is 18.7 Å². The molecule has 1 aliphatic heterocycles. The van der Waals surface area contributed by atoms with Crippen molar-refractivity contribution < 1.29 is 27.1 Å². The Hall–Kier alpha value is -3.53. The third-order valence-electron chi connectivity index (χ3n) is 5.18. The maximum absolute atomic E-state index is 15.0. The summed E-state index contributed by atoms with van der Waals surface area (Å²) in [5.74, 6) is -2.01. The van der Waals surface area contributed by atoms with Gasteiger partial charge in [0.2, 0.25) is 5.56 Å². The van der Waals surface area contributed by atoms with Crippen LogP contribution in [0.3, 0.4) is 0 Å². The smallest absolute Gasteiger partial charge is 0.406 e. The van der Waals surface area contributed by atoms with Gasteiger partial charge in [-0.25, -0.2) is 4.39 Å². The SMILES string of the molecule is Cc1cc(OC(F)(F)F)ccc1N1CN(c2ccc(=O)[nH]c2C)C(=O)c2c1ccc(Cl)c2F. The van der Waals surface area contributed by atoms with Crippen LogP contribution in [0.15, 0.2) is 47.3 Å². The molecule has 0 radical (unpaired) electrons. The van der Waals surface area contributed by atoms with Crippen LogP contribution >= 0.6 is 11.6 Å². The van der Waals surface area contributed by atoms with E-state index in [0.717, 1.165) is 6.07 Å². The lowest BCUT2D eigenvalue weighted by atomic mass is 10.0. The van der Waals surface area contributed by atoms with Crippen molar-refractivity contribution in [2.75, 3.05) is 16.5 Å². The van der Waals surface area contributed by atoms with Gasteiger partial charge >= 0.3 is 6.36 Å². The van der Waals surface area contributed by atoms with E-state index < -0.39 is 23.8 Å². The molecule has 0 saturated carbocycles.